The quantitative estimate of drug-likeness (QED) is 0.706. The molecule has 0 bridgehead atoms. The van der Waals surface area contributed by atoms with Gasteiger partial charge in [-0.15, -0.1) is 0 Å². The maximum Gasteiger partial charge on any atom is 0.330 e. The van der Waals surface area contributed by atoms with E-state index in [2.05, 4.69) is 27.1 Å². The molecular formula is C23H33N5O3. The average Bonchev–Trinajstić information content (AvgIpc) is 3.57. The van der Waals surface area contributed by atoms with Crippen LogP contribution in [-0.2, 0) is 6.54 Å². The Kier molecular flexibility index (Phi) is 6.27. The third-order valence-corrected chi connectivity index (χ3v) is 6.22. The zero-order chi connectivity index (χ0) is 22.1. The predicted molar refractivity (Wildman–Crippen MR) is 121 cm³/mol. The smallest absolute Gasteiger partial charge is 0.330 e. The number of hydrogen-bond donors (Lipinski definition) is 2. The molecule has 1 aliphatic carbocycles. The molecule has 8 heteroatoms. The van der Waals surface area contributed by atoms with Gasteiger partial charge in [0.15, 0.2) is 5.65 Å². The molecule has 2 aromatic rings. The van der Waals surface area contributed by atoms with E-state index >= 15 is 0 Å². The van der Waals surface area contributed by atoms with E-state index < -0.39 is 11.2 Å². The molecule has 4 rings (SSSR count). The van der Waals surface area contributed by atoms with Crippen LogP contribution in [0.4, 0.5) is 0 Å². The van der Waals surface area contributed by atoms with Crippen LogP contribution in [0, 0.1) is 5.92 Å². The Morgan fingerprint density at radius 1 is 1.23 bits per heavy atom. The van der Waals surface area contributed by atoms with Gasteiger partial charge in [0.05, 0.1) is 10.9 Å². The zero-order valence-corrected chi connectivity index (χ0v) is 18.7. The number of nitrogens with one attached hydrogen (secondary N) is 2. The summed E-state index contributed by atoms with van der Waals surface area (Å²) in [5, 5.41) is 3.36. The number of piperidine rings is 1. The van der Waals surface area contributed by atoms with Crippen molar-refractivity contribution in [2.24, 2.45) is 5.92 Å². The summed E-state index contributed by atoms with van der Waals surface area (Å²) in [6.07, 6.45) is 4.97. The minimum atomic E-state index is -0.544. The number of H-pyrrole nitrogens is 1. The van der Waals surface area contributed by atoms with Crippen molar-refractivity contribution in [1.29, 1.82) is 0 Å². The van der Waals surface area contributed by atoms with Crippen LogP contribution in [0.3, 0.4) is 0 Å². The van der Waals surface area contributed by atoms with Crippen molar-refractivity contribution < 1.29 is 4.79 Å². The van der Waals surface area contributed by atoms with E-state index in [1.807, 2.05) is 13.8 Å². The number of rotatable bonds is 7. The Labute approximate surface area is 182 Å². The molecule has 3 heterocycles. The van der Waals surface area contributed by atoms with E-state index in [-0.39, 0.29) is 23.3 Å². The molecule has 1 amide bonds. The SMILES string of the molecule is CCCN1CCC(NC(=O)c2cc(C3CC3)nc3c2c(=O)[nH]c(=O)n3CC(C)C)CC1. The number of aromatic amines is 1. The van der Waals surface area contributed by atoms with Crippen molar-refractivity contribution in [3.63, 3.8) is 0 Å². The fourth-order valence-electron chi connectivity index (χ4n) is 4.48. The maximum atomic E-state index is 13.3. The van der Waals surface area contributed by atoms with Crippen molar-refractivity contribution in [2.45, 2.75) is 71.4 Å². The van der Waals surface area contributed by atoms with Gasteiger partial charge < -0.3 is 10.2 Å². The molecule has 31 heavy (non-hydrogen) atoms. The Bertz CT molecular complexity index is 1080. The summed E-state index contributed by atoms with van der Waals surface area (Å²) in [5.41, 5.74) is 0.452. The second-order valence-corrected chi connectivity index (χ2v) is 9.42. The van der Waals surface area contributed by atoms with Gasteiger partial charge in [-0.2, -0.15) is 0 Å². The molecule has 0 aromatic carbocycles. The molecule has 1 saturated heterocycles. The minimum absolute atomic E-state index is 0.0915. The third-order valence-electron chi connectivity index (χ3n) is 6.22. The van der Waals surface area contributed by atoms with Crippen LogP contribution in [-0.4, -0.2) is 51.0 Å². The molecular weight excluding hydrogens is 394 g/mol. The summed E-state index contributed by atoms with van der Waals surface area (Å²) < 4.78 is 1.51. The number of carbonyl (C=O) groups excluding carboxylic acids is 1. The predicted octanol–water partition coefficient (Wildman–Crippen LogP) is 2.22. The monoisotopic (exact) mass is 427 g/mol. The molecule has 2 aliphatic rings. The molecule has 2 N–H and O–H groups in total. The van der Waals surface area contributed by atoms with Crippen LogP contribution >= 0.6 is 0 Å². The lowest BCUT2D eigenvalue weighted by Gasteiger charge is -2.32. The van der Waals surface area contributed by atoms with Crippen molar-refractivity contribution >= 4 is 16.9 Å². The topological polar surface area (TPSA) is 100 Å². The van der Waals surface area contributed by atoms with Crippen molar-refractivity contribution in [3.05, 3.63) is 38.2 Å². The number of aromatic nitrogens is 3. The van der Waals surface area contributed by atoms with E-state index in [1.54, 1.807) is 6.07 Å². The normalized spacial score (nSPS) is 18.1. The van der Waals surface area contributed by atoms with Gasteiger partial charge in [-0.05, 0) is 50.6 Å². The zero-order valence-electron chi connectivity index (χ0n) is 18.7. The summed E-state index contributed by atoms with van der Waals surface area (Å²) in [4.78, 5) is 48.1. The second-order valence-electron chi connectivity index (χ2n) is 9.42. The van der Waals surface area contributed by atoms with Crippen LogP contribution in [0.25, 0.3) is 11.0 Å². The highest BCUT2D eigenvalue weighted by molar-refractivity contribution is 6.05. The second kappa shape index (κ2) is 8.94. The Morgan fingerprint density at radius 3 is 2.55 bits per heavy atom. The lowest BCUT2D eigenvalue weighted by Crippen LogP contribution is -2.45. The molecule has 0 unspecified atom stereocenters. The third kappa shape index (κ3) is 4.74. The molecule has 8 nitrogen and oxygen atoms in total. The van der Waals surface area contributed by atoms with Gasteiger partial charge in [-0.25, -0.2) is 9.78 Å². The molecule has 168 valence electrons. The van der Waals surface area contributed by atoms with Crippen molar-refractivity contribution in [2.75, 3.05) is 19.6 Å². The van der Waals surface area contributed by atoms with Crippen LogP contribution in [0.1, 0.15) is 74.8 Å². The average molecular weight is 428 g/mol. The minimum Gasteiger partial charge on any atom is -0.349 e. The highest BCUT2D eigenvalue weighted by atomic mass is 16.2. The molecule has 0 spiro atoms. The summed E-state index contributed by atoms with van der Waals surface area (Å²) in [6, 6.07) is 1.86. The number of nitrogens with zero attached hydrogens (tertiary/aromatic N) is 3. The first kappa shape index (κ1) is 21.7. The molecule has 0 atom stereocenters. The number of hydrogen-bond acceptors (Lipinski definition) is 5. The first-order valence-corrected chi connectivity index (χ1v) is 11.6. The summed E-state index contributed by atoms with van der Waals surface area (Å²) in [5.74, 6) is 0.252. The fourth-order valence-corrected chi connectivity index (χ4v) is 4.48. The van der Waals surface area contributed by atoms with Gasteiger partial charge >= 0.3 is 5.69 Å². The van der Waals surface area contributed by atoms with E-state index in [4.69, 9.17) is 0 Å². The van der Waals surface area contributed by atoms with E-state index in [9.17, 15) is 14.4 Å². The molecule has 1 aliphatic heterocycles. The Hall–Kier alpha value is -2.48. The number of pyridine rings is 1. The van der Waals surface area contributed by atoms with Crippen LogP contribution < -0.4 is 16.6 Å². The van der Waals surface area contributed by atoms with Crippen molar-refractivity contribution in [3.8, 4) is 0 Å². The van der Waals surface area contributed by atoms with E-state index in [1.165, 1.54) is 4.57 Å². The van der Waals surface area contributed by atoms with E-state index in [0.717, 1.165) is 57.4 Å². The van der Waals surface area contributed by atoms with Crippen LogP contribution in [0.2, 0.25) is 0 Å². The fraction of sp³-hybridized carbons (Fsp3) is 0.652. The van der Waals surface area contributed by atoms with Gasteiger partial charge in [0, 0.05) is 37.3 Å². The Balaban J connectivity index is 1.70. The van der Waals surface area contributed by atoms with Crippen LogP contribution in [0.15, 0.2) is 15.7 Å². The lowest BCUT2D eigenvalue weighted by atomic mass is 10.0. The van der Waals surface area contributed by atoms with Gasteiger partial charge in [0.1, 0.15) is 0 Å². The molecule has 2 aromatic heterocycles. The molecule has 1 saturated carbocycles. The maximum absolute atomic E-state index is 13.3. The van der Waals surface area contributed by atoms with Gasteiger partial charge in [0.2, 0.25) is 0 Å². The van der Waals surface area contributed by atoms with Gasteiger partial charge in [0.25, 0.3) is 11.5 Å². The summed E-state index contributed by atoms with van der Waals surface area (Å²) in [6.45, 7) is 9.65. The summed E-state index contributed by atoms with van der Waals surface area (Å²) >= 11 is 0. The highest BCUT2D eigenvalue weighted by Gasteiger charge is 2.29. The first-order chi connectivity index (χ1) is 14.9. The number of likely N-dealkylation sites (tertiary alicyclic amines) is 1. The number of fused-ring (bicyclic) bond motifs is 1. The molecule has 2 fully saturated rings. The highest BCUT2D eigenvalue weighted by Crippen LogP contribution is 2.40. The standard InChI is InChI=1S/C23H33N5O3/c1-4-9-27-10-7-16(8-11-27)24-21(29)17-12-18(15-5-6-15)25-20-19(17)22(30)26-23(31)28(20)13-14(2)3/h12,14-16H,4-11,13H2,1-3H3,(H,24,29)(H,26,30,31). The summed E-state index contributed by atoms with van der Waals surface area (Å²) in [7, 11) is 0. The van der Waals surface area contributed by atoms with E-state index in [0.29, 0.717) is 23.7 Å². The van der Waals surface area contributed by atoms with Gasteiger partial charge in [-0.3, -0.25) is 19.1 Å². The Morgan fingerprint density at radius 2 is 1.94 bits per heavy atom. The largest absolute Gasteiger partial charge is 0.349 e. The van der Waals surface area contributed by atoms with Gasteiger partial charge in [-0.1, -0.05) is 20.8 Å². The number of carbonyl (C=O) groups is 1. The first-order valence-electron chi connectivity index (χ1n) is 11.6. The lowest BCUT2D eigenvalue weighted by molar-refractivity contribution is 0.0912. The van der Waals surface area contributed by atoms with Crippen molar-refractivity contribution in [1.82, 2.24) is 24.8 Å². The number of amides is 1. The van der Waals surface area contributed by atoms with Crippen LogP contribution in [0.5, 0.6) is 0 Å². The molecule has 0 radical (unpaired) electrons.